The number of urea groups is 1. The standard InChI is InChI=1S/C18H27N3O3/c1-18(14-19-17(24)20(2)12-9-16(22)23)10-6-11-21(18)13-15-7-4-3-5-8-15/h3-5,7-8H,6,9-14H2,1-2H3,(H,19,24)(H,22,23). The van der Waals surface area contributed by atoms with Crippen molar-refractivity contribution in [1.82, 2.24) is 15.1 Å². The number of hydrogen-bond donors (Lipinski definition) is 2. The number of rotatable bonds is 7. The maximum atomic E-state index is 12.1. The normalized spacial score (nSPS) is 20.8. The first kappa shape index (κ1) is 18.3. The molecule has 1 saturated heterocycles. The maximum absolute atomic E-state index is 12.1. The largest absolute Gasteiger partial charge is 0.481 e. The number of carboxylic acids is 1. The minimum Gasteiger partial charge on any atom is -0.481 e. The van der Waals surface area contributed by atoms with Gasteiger partial charge < -0.3 is 15.3 Å². The van der Waals surface area contributed by atoms with Crippen LogP contribution in [0.3, 0.4) is 0 Å². The van der Waals surface area contributed by atoms with Crippen molar-refractivity contribution in [2.24, 2.45) is 0 Å². The number of benzene rings is 1. The molecule has 6 heteroatoms. The summed E-state index contributed by atoms with van der Waals surface area (Å²) >= 11 is 0. The van der Waals surface area contributed by atoms with E-state index in [1.54, 1.807) is 7.05 Å². The number of carbonyl (C=O) groups excluding carboxylic acids is 1. The van der Waals surface area contributed by atoms with E-state index in [1.807, 2.05) is 18.2 Å². The molecule has 2 N–H and O–H groups in total. The highest BCUT2D eigenvalue weighted by atomic mass is 16.4. The molecule has 0 aliphatic carbocycles. The lowest BCUT2D eigenvalue weighted by atomic mass is 9.98. The minimum atomic E-state index is -0.897. The number of aliphatic carboxylic acids is 1. The third-order valence-electron chi connectivity index (χ3n) is 4.75. The van der Waals surface area contributed by atoms with Crippen molar-refractivity contribution in [3.63, 3.8) is 0 Å². The zero-order chi connectivity index (χ0) is 17.6. The van der Waals surface area contributed by atoms with E-state index in [0.717, 1.165) is 25.9 Å². The molecule has 0 spiro atoms. The first-order valence-corrected chi connectivity index (χ1v) is 8.40. The van der Waals surface area contributed by atoms with Crippen molar-refractivity contribution in [2.45, 2.75) is 38.3 Å². The molecular weight excluding hydrogens is 306 g/mol. The van der Waals surface area contributed by atoms with Crippen molar-refractivity contribution in [3.05, 3.63) is 35.9 Å². The molecule has 1 unspecified atom stereocenters. The molecule has 2 amide bonds. The Labute approximate surface area is 143 Å². The van der Waals surface area contributed by atoms with E-state index in [4.69, 9.17) is 5.11 Å². The van der Waals surface area contributed by atoms with Crippen LogP contribution >= 0.6 is 0 Å². The van der Waals surface area contributed by atoms with E-state index in [0.29, 0.717) is 6.54 Å². The summed E-state index contributed by atoms with van der Waals surface area (Å²) in [7, 11) is 1.62. The Balaban J connectivity index is 1.87. The predicted molar refractivity (Wildman–Crippen MR) is 92.8 cm³/mol. The molecule has 1 aliphatic rings. The average molecular weight is 333 g/mol. The Bertz CT molecular complexity index is 564. The Morgan fingerprint density at radius 1 is 1.33 bits per heavy atom. The summed E-state index contributed by atoms with van der Waals surface area (Å²) < 4.78 is 0. The highest BCUT2D eigenvalue weighted by Gasteiger charge is 2.36. The number of likely N-dealkylation sites (tertiary alicyclic amines) is 1. The summed E-state index contributed by atoms with van der Waals surface area (Å²) in [6.07, 6.45) is 2.12. The van der Waals surface area contributed by atoms with Gasteiger partial charge in [-0.1, -0.05) is 30.3 Å². The van der Waals surface area contributed by atoms with Crippen LogP contribution in [0, 0.1) is 0 Å². The molecule has 1 aromatic carbocycles. The summed E-state index contributed by atoms with van der Waals surface area (Å²) in [5.41, 5.74) is 1.20. The first-order valence-electron chi connectivity index (χ1n) is 8.40. The second-order valence-corrected chi connectivity index (χ2v) is 6.73. The van der Waals surface area contributed by atoms with E-state index in [1.165, 1.54) is 10.5 Å². The van der Waals surface area contributed by atoms with Crippen LogP contribution < -0.4 is 5.32 Å². The maximum Gasteiger partial charge on any atom is 0.317 e. The van der Waals surface area contributed by atoms with Gasteiger partial charge in [0.25, 0.3) is 0 Å². The molecule has 0 aromatic heterocycles. The second-order valence-electron chi connectivity index (χ2n) is 6.73. The quantitative estimate of drug-likeness (QED) is 0.802. The molecule has 0 bridgehead atoms. The number of nitrogens with zero attached hydrogens (tertiary/aromatic N) is 2. The Kier molecular flexibility index (Phi) is 6.20. The van der Waals surface area contributed by atoms with Gasteiger partial charge in [-0.15, -0.1) is 0 Å². The van der Waals surface area contributed by atoms with Gasteiger partial charge in [0.2, 0.25) is 0 Å². The molecular formula is C18H27N3O3. The zero-order valence-electron chi connectivity index (χ0n) is 14.5. The Hall–Kier alpha value is -2.08. The number of nitrogens with one attached hydrogen (secondary N) is 1. The number of hydrogen-bond acceptors (Lipinski definition) is 3. The SMILES string of the molecule is CN(CCC(=O)O)C(=O)NCC1(C)CCCN1Cc1ccccc1. The van der Waals surface area contributed by atoms with Gasteiger partial charge in [0.1, 0.15) is 0 Å². The topological polar surface area (TPSA) is 72.9 Å². The van der Waals surface area contributed by atoms with Crippen LogP contribution in [0.15, 0.2) is 30.3 Å². The van der Waals surface area contributed by atoms with Crippen molar-refractivity contribution in [3.8, 4) is 0 Å². The van der Waals surface area contributed by atoms with E-state index in [-0.39, 0.29) is 24.5 Å². The molecule has 132 valence electrons. The summed E-state index contributed by atoms with van der Waals surface area (Å²) in [5.74, 6) is -0.897. The average Bonchev–Trinajstić information content (AvgIpc) is 2.92. The van der Waals surface area contributed by atoms with Crippen LogP contribution in [0.4, 0.5) is 4.79 Å². The first-order chi connectivity index (χ1) is 11.4. The van der Waals surface area contributed by atoms with Crippen LogP contribution in [0.25, 0.3) is 0 Å². The van der Waals surface area contributed by atoms with Gasteiger partial charge in [0.05, 0.1) is 6.42 Å². The van der Waals surface area contributed by atoms with Crippen LogP contribution in [0.2, 0.25) is 0 Å². The monoisotopic (exact) mass is 333 g/mol. The fourth-order valence-electron chi connectivity index (χ4n) is 3.12. The van der Waals surface area contributed by atoms with Gasteiger partial charge in [0, 0.05) is 32.2 Å². The molecule has 1 aliphatic heterocycles. The van der Waals surface area contributed by atoms with Gasteiger partial charge in [-0.25, -0.2) is 4.79 Å². The van der Waals surface area contributed by atoms with Gasteiger partial charge in [0.15, 0.2) is 0 Å². The van der Waals surface area contributed by atoms with Crippen LogP contribution in [-0.4, -0.2) is 59.1 Å². The Morgan fingerprint density at radius 2 is 2.04 bits per heavy atom. The lowest BCUT2D eigenvalue weighted by Gasteiger charge is -2.36. The molecule has 0 radical (unpaired) electrons. The van der Waals surface area contributed by atoms with Crippen molar-refractivity contribution in [2.75, 3.05) is 26.7 Å². The lowest BCUT2D eigenvalue weighted by Crippen LogP contribution is -2.51. The predicted octanol–water partition coefficient (Wildman–Crippen LogP) is 2.16. The van der Waals surface area contributed by atoms with E-state index >= 15 is 0 Å². The fourth-order valence-corrected chi connectivity index (χ4v) is 3.12. The third-order valence-corrected chi connectivity index (χ3v) is 4.75. The van der Waals surface area contributed by atoms with E-state index in [9.17, 15) is 9.59 Å². The van der Waals surface area contributed by atoms with Gasteiger partial charge in [-0.3, -0.25) is 9.69 Å². The van der Waals surface area contributed by atoms with Gasteiger partial charge >= 0.3 is 12.0 Å². The van der Waals surface area contributed by atoms with Crippen LogP contribution in [-0.2, 0) is 11.3 Å². The van der Waals surface area contributed by atoms with Gasteiger partial charge in [-0.2, -0.15) is 0 Å². The summed E-state index contributed by atoms with van der Waals surface area (Å²) in [6, 6.07) is 10.1. The molecule has 6 nitrogen and oxygen atoms in total. The van der Waals surface area contributed by atoms with E-state index < -0.39 is 5.97 Å². The molecule has 1 atom stereocenters. The van der Waals surface area contributed by atoms with Crippen molar-refractivity contribution >= 4 is 12.0 Å². The molecule has 24 heavy (non-hydrogen) atoms. The third kappa shape index (κ3) is 4.96. The molecule has 1 heterocycles. The summed E-state index contributed by atoms with van der Waals surface area (Å²) in [6.45, 7) is 4.86. The van der Waals surface area contributed by atoms with Gasteiger partial charge in [-0.05, 0) is 31.9 Å². The highest BCUT2D eigenvalue weighted by Crippen LogP contribution is 2.30. The summed E-state index contributed by atoms with van der Waals surface area (Å²) in [4.78, 5) is 26.6. The number of amides is 2. The fraction of sp³-hybridized carbons (Fsp3) is 0.556. The highest BCUT2D eigenvalue weighted by molar-refractivity contribution is 5.75. The molecule has 1 fully saturated rings. The van der Waals surface area contributed by atoms with Crippen LogP contribution in [0.5, 0.6) is 0 Å². The smallest absolute Gasteiger partial charge is 0.317 e. The van der Waals surface area contributed by atoms with Crippen molar-refractivity contribution in [1.29, 1.82) is 0 Å². The summed E-state index contributed by atoms with van der Waals surface area (Å²) in [5, 5.41) is 11.7. The number of carboxylic acid groups (broad SMARTS) is 1. The number of carbonyl (C=O) groups is 2. The lowest BCUT2D eigenvalue weighted by molar-refractivity contribution is -0.137. The second kappa shape index (κ2) is 8.15. The minimum absolute atomic E-state index is 0.0404. The molecule has 0 saturated carbocycles. The Morgan fingerprint density at radius 3 is 2.71 bits per heavy atom. The van der Waals surface area contributed by atoms with Crippen molar-refractivity contribution < 1.29 is 14.7 Å². The molecule has 2 rings (SSSR count). The molecule has 1 aromatic rings. The van der Waals surface area contributed by atoms with Crippen LogP contribution in [0.1, 0.15) is 31.7 Å². The van der Waals surface area contributed by atoms with E-state index in [2.05, 4.69) is 29.3 Å². The zero-order valence-corrected chi connectivity index (χ0v) is 14.5.